The molecule has 35 heavy (non-hydrogen) atoms. The molecule has 0 N–H and O–H groups in total. The molecule has 0 amide bonds. The zero-order valence-electron chi connectivity index (χ0n) is 18.9. The second kappa shape index (κ2) is 9.34. The number of cyclic esters (lactones) is 3. The van der Waals surface area contributed by atoms with Crippen molar-refractivity contribution in [2.45, 2.75) is 25.4 Å². The highest BCUT2D eigenvalue weighted by Crippen LogP contribution is 2.34. The summed E-state index contributed by atoms with van der Waals surface area (Å²) in [6.45, 7) is 2.96. The smallest absolute Gasteiger partial charge is 0.349 e. The Morgan fingerprint density at radius 3 is 1.66 bits per heavy atom. The summed E-state index contributed by atoms with van der Waals surface area (Å²) in [6.07, 6.45) is 6.58. The van der Waals surface area contributed by atoms with Crippen molar-refractivity contribution in [2.75, 3.05) is 0 Å². The van der Waals surface area contributed by atoms with Crippen molar-refractivity contribution in [1.29, 1.82) is 0 Å². The van der Waals surface area contributed by atoms with Crippen molar-refractivity contribution in [1.82, 2.24) is 0 Å². The van der Waals surface area contributed by atoms with Gasteiger partial charge in [-0.3, -0.25) is 0 Å². The standard InChI is InChI=1S/C27H22O8/c1-26(18-12-6-3-7-13-18)32-22(28)20(23(29)33-26)16-10-5-11-17-21-24(30)34-27(2,35-25(21)31)19-14-8-4-9-15-19/h3-17,28H,1-2H3/p-1/b11-5+,16-10+,21-17?. The SMILES string of the molecule is CC1(c2ccccc2)OC(=O)C(=C/C=C/C=C/C2=C([O-])OC(C)(c3ccccc3)OC2=O)C(=O)O1. The number of rotatable bonds is 5. The van der Waals surface area contributed by atoms with Crippen molar-refractivity contribution in [3.05, 3.63) is 119 Å². The lowest BCUT2D eigenvalue weighted by Gasteiger charge is -2.41. The van der Waals surface area contributed by atoms with Crippen LogP contribution in [-0.4, -0.2) is 17.9 Å². The lowest BCUT2D eigenvalue weighted by molar-refractivity contribution is -0.399. The fourth-order valence-electron chi connectivity index (χ4n) is 3.49. The number of benzene rings is 2. The molecule has 0 aliphatic carbocycles. The van der Waals surface area contributed by atoms with Gasteiger partial charge in [0.15, 0.2) is 5.79 Å². The van der Waals surface area contributed by atoms with Gasteiger partial charge in [0.1, 0.15) is 5.57 Å². The van der Waals surface area contributed by atoms with Crippen molar-refractivity contribution < 1.29 is 38.4 Å². The molecule has 178 valence electrons. The largest absolute Gasteiger partial charge is 0.571 e. The van der Waals surface area contributed by atoms with Crippen LogP contribution in [0.25, 0.3) is 0 Å². The molecule has 2 heterocycles. The van der Waals surface area contributed by atoms with E-state index in [9.17, 15) is 19.5 Å². The highest BCUT2D eigenvalue weighted by atomic mass is 16.8. The first kappa shape index (κ1) is 23.6. The second-order valence-electron chi connectivity index (χ2n) is 7.92. The fraction of sp³-hybridized carbons (Fsp3) is 0.148. The topological polar surface area (TPSA) is 111 Å². The van der Waals surface area contributed by atoms with Gasteiger partial charge in [0.2, 0.25) is 0 Å². The first-order valence-electron chi connectivity index (χ1n) is 10.7. The Balaban J connectivity index is 1.44. The third-order valence-corrected chi connectivity index (χ3v) is 5.37. The molecule has 2 aromatic carbocycles. The molecule has 1 fully saturated rings. The molecule has 0 saturated carbocycles. The minimum absolute atomic E-state index is 0.300. The van der Waals surface area contributed by atoms with Gasteiger partial charge in [0.25, 0.3) is 5.79 Å². The van der Waals surface area contributed by atoms with Crippen molar-refractivity contribution in [3.8, 4) is 0 Å². The summed E-state index contributed by atoms with van der Waals surface area (Å²) in [7, 11) is 0. The molecule has 0 aromatic heterocycles. The Labute approximate surface area is 201 Å². The summed E-state index contributed by atoms with van der Waals surface area (Å²) >= 11 is 0. The zero-order chi connectivity index (χ0) is 25.1. The minimum Gasteiger partial charge on any atom is -0.571 e. The van der Waals surface area contributed by atoms with E-state index in [0.29, 0.717) is 11.1 Å². The number of esters is 3. The van der Waals surface area contributed by atoms with Crippen LogP contribution >= 0.6 is 0 Å². The molecule has 0 bridgehead atoms. The van der Waals surface area contributed by atoms with E-state index in [1.165, 1.54) is 44.2 Å². The van der Waals surface area contributed by atoms with Gasteiger partial charge in [-0.25, -0.2) is 14.4 Å². The number of ether oxygens (including phenoxy) is 4. The van der Waals surface area contributed by atoms with E-state index in [2.05, 4.69) is 0 Å². The predicted molar refractivity (Wildman–Crippen MR) is 120 cm³/mol. The van der Waals surface area contributed by atoms with Crippen LogP contribution < -0.4 is 5.11 Å². The highest BCUT2D eigenvalue weighted by Gasteiger charge is 2.43. The summed E-state index contributed by atoms with van der Waals surface area (Å²) in [6, 6.07) is 17.2. The Morgan fingerprint density at radius 2 is 1.14 bits per heavy atom. The van der Waals surface area contributed by atoms with Crippen LogP contribution in [0.1, 0.15) is 25.0 Å². The van der Waals surface area contributed by atoms with Crippen molar-refractivity contribution in [2.24, 2.45) is 0 Å². The van der Waals surface area contributed by atoms with Crippen LogP contribution in [0, 0.1) is 0 Å². The van der Waals surface area contributed by atoms with Gasteiger partial charge in [0.05, 0.1) is 11.5 Å². The van der Waals surface area contributed by atoms with E-state index < -0.39 is 35.4 Å². The number of allylic oxidation sites excluding steroid dienone is 4. The molecule has 0 spiro atoms. The normalized spacial score (nSPS) is 24.7. The van der Waals surface area contributed by atoms with Crippen LogP contribution in [0.2, 0.25) is 0 Å². The molecular formula is C27H21O8-. The molecule has 1 atom stereocenters. The highest BCUT2D eigenvalue weighted by molar-refractivity contribution is 6.15. The van der Waals surface area contributed by atoms with Gasteiger partial charge in [-0.15, -0.1) is 0 Å². The average Bonchev–Trinajstić information content (AvgIpc) is 2.83. The summed E-state index contributed by atoms with van der Waals surface area (Å²) in [5.41, 5.74) is 0.438. The number of hydrogen-bond acceptors (Lipinski definition) is 8. The molecule has 4 rings (SSSR count). The first-order valence-corrected chi connectivity index (χ1v) is 10.7. The summed E-state index contributed by atoms with van der Waals surface area (Å²) in [4.78, 5) is 37.2. The third kappa shape index (κ3) is 4.86. The monoisotopic (exact) mass is 473 g/mol. The Kier molecular flexibility index (Phi) is 6.29. The maximum atomic E-state index is 12.4. The third-order valence-electron chi connectivity index (χ3n) is 5.37. The summed E-state index contributed by atoms with van der Waals surface area (Å²) in [5.74, 6) is -6.40. The first-order chi connectivity index (χ1) is 16.7. The Hall–Kier alpha value is -4.59. The maximum Gasteiger partial charge on any atom is 0.349 e. The summed E-state index contributed by atoms with van der Waals surface area (Å²) < 4.78 is 21.4. The lowest BCUT2D eigenvalue weighted by Crippen LogP contribution is -2.42. The quantitative estimate of drug-likeness (QED) is 0.282. The predicted octanol–water partition coefficient (Wildman–Crippen LogP) is 3.02. The fourth-order valence-corrected chi connectivity index (χ4v) is 3.49. The average molecular weight is 473 g/mol. The second-order valence-corrected chi connectivity index (χ2v) is 7.92. The van der Waals surface area contributed by atoms with E-state index in [1.807, 2.05) is 0 Å². The molecule has 8 heteroatoms. The molecule has 2 aromatic rings. The van der Waals surface area contributed by atoms with E-state index in [1.54, 1.807) is 60.7 Å². The van der Waals surface area contributed by atoms with E-state index in [-0.39, 0.29) is 11.1 Å². The van der Waals surface area contributed by atoms with Gasteiger partial charge in [0, 0.05) is 18.1 Å². The molecule has 0 radical (unpaired) electrons. The minimum atomic E-state index is -1.52. The molecular weight excluding hydrogens is 452 g/mol. The van der Waals surface area contributed by atoms with Crippen LogP contribution in [0.5, 0.6) is 0 Å². The number of carbonyl (C=O) groups excluding carboxylic acids is 3. The Morgan fingerprint density at radius 1 is 0.657 bits per heavy atom. The lowest BCUT2D eigenvalue weighted by atomic mass is 10.1. The Bertz CT molecular complexity index is 1250. The molecule has 1 saturated heterocycles. The maximum absolute atomic E-state index is 12.4. The van der Waals surface area contributed by atoms with Crippen LogP contribution in [0.4, 0.5) is 0 Å². The van der Waals surface area contributed by atoms with E-state index in [0.717, 1.165) is 0 Å². The van der Waals surface area contributed by atoms with E-state index >= 15 is 0 Å². The zero-order valence-corrected chi connectivity index (χ0v) is 18.9. The molecule has 1 unspecified atom stereocenters. The van der Waals surface area contributed by atoms with Gasteiger partial charge >= 0.3 is 17.9 Å². The summed E-state index contributed by atoms with van der Waals surface area (Å²) in [5, 5.41) is 12.4. The van der Waals surface area contributed by atoms with Crippen LogP contribution in [0.3, 0.4) is 0 Å². The number of carbonyl (C=O) groups is 3. The van der Waals surface area contributed by atoms with E-state index in [4.69, 9.17) is 18.9 Å². The van der Waals surface area contributed by atoms with Gasteiger partial charge in [-0.1, -0.05) is 78.9 Å². The van der Waals surface area contributed by atoms with Crippen LogP contribution in [-0.2, 0) is 44.9 Å². The van der Waals surface area contributed by atoms with Crippen molar-refractivity contribution >= 4 is 17.9 Å². The molecule has 8 nitrogen and oxygen atoms in total. The van der Waals surface area contributed by atoms with Gasteiger partial charge in [-0.05, 0) is 19.1 Å². The number of hydrogen-bond donors (Lipinski definition) is 0. The van der Waals surface area contributed by atoms with Gasteiger partial charge in [-0.2, -0.15) is 0 Å². The molecule has 2 aliphatic heterocycles. The van der Waals surface area contributed by atoms with Crippen LogP contribution in [0.15, 0.2) is 108 Å². The van der Waals surface area contributed by atoms with Crippen molar-refractivity contribution in [3.63, 3.8) is 0 Å². The van der Waals surface area contributed by atoms with Gasteiger partial charge < -0.3 is 24.1 Å². The molecule has 2 aliphatic rings.